The number of piperazine rings is 1. The summed E-state index contributed by atoms with van der Waals surface area (Å²) >= 11 is 2.93. The summed E-state index contributed by atoms with van der Waals surface area (Å²) in [6.07, 6.45) is 3.09. The fourth-order valence-electron chi connectivity index (χ4n) is 4.36. The molecule has 1 fully saturated rings. The van der Waals surface area contributed by atoms with Crippen molar-refractivity contribution in [1.82, 2.24) is 14.5 Å². The van der Waals surface area contributed by atoms with Crippen molar-refractivity contribution in [3.05, 3.63) is 50.9 Å². The van der Waals surface area contributed by atoms with E-state index in [2.05, 4.69) is 0 Å². The maximum absolute atomic E-state index is 14.0. The molecule has 162 valence electrons. The Hall–Kier alpha value is -2.39. The third-order valence-electron chi connectivity index (χ3n) is 6.06. The third kappa shape index (κ3) is 3.74. The van der Waals surface area contributed by atoms with Gasteiger partial charge in [-0.1, -0.05) is 23.9 Å². The Kier molecular flexibility index (Phi) is 5.47. The minimum Gasteiger partial charge on any atom is -0.366 e. The number of hydrogen-bond acceptors (Lipinski definition) is 6. The van der Waals surface area contributed by atoms with E-state index in [1.54, 1.807) is 40.0 Å². The van der Waals surface area contributed by atoms with Gasteiger partial charge in [-0.15, -0.1) is 11.3 Å². The zero-order valence-corrected chi connectivity index (χ0v) is 18.9. The molecular formula is C22H23FN4O2S2. The summed E-state index contributed by atoms with van der Waals surface area (Å²) in [5.74, 6) is 0.0114. The molecule has 9 heteroatoms. The van der Waals surface area contributed by atoms with Crippen LogP contribution in [0.15, 0.2) is 34.2 Å². The number of amides is 1. The smallest absolute Gasteiger partial charge is 0.262 e. The van der Waals surface area contributed by atoms with E-state index in [0.29, 0.717) is 37.0 Å². The van der Waals surface area contributed by atoms with Crippen LogP contribution < -0.4 is 10.5 Å². The molecule has 1 saturated heterocycles. The summed E-state index contributed by atoms with van der Waals surface area (Å²) in [4.78, 5) is 36.2. The molecule has 2 aliphatic rings. The molecule has 3 aromatic rings. The van der Waals surface area contributed by atoms with E-state index in [1.807, 2.05) is 11.0 Å². The van der Waals surface area contributed by atoms with Crippen molar-refractivity contribution in [2.45, 2.75) is 24.4 Å². The Balaban J connectivity index is 1.24. The Bertz CT molecular complexity index is 1210. The van der Waals surface area contributed by atoms with Crippen LogP contribution in [-0.2, 0) is 24.7 Å². The van der Waals surface area contributed by atoms with Crippen LogP contribution in [0, 0.1) is 5.82 Å². The first kappa shape index (κ1) is 20.5. The maximum atomic E-state index is 14.0. The summed E-state index contributed by atoms with van der Waals surface area (Å²) in [6, 6.07) is 6.73. The van der Waals surface area contributed by atoms with Crippen molar-refractivity contribution in [2.75, 3.05) is 36.8 Å². The normalized spacial score (nSPS) is 16.2. The van der Waals surface area contributed by atoms with Gasteiger partial charge < -0.3 is 9.80 Å². The van der Waals surface area contributed by atoms with Gasteiger partial charge >= 0.3 is 0 Å². The number of anilines is 1. The quantitative estimate of drug-likeness (QED) is 0.444. The Labute approximate surface area is 187 Å². The average molecular weight is 459 g/mol. The molecule has 0 spiro atoms. The molecule has 3 heterocycles. The molecule has 0 radical (unpaired) electrons. The van der Waals surface area contributed by atoms with Crippen LogP contribution in [0.1, 0.15) is 16.9 Å². The number of nitrogens with zero attached hydrogens (tertiary/aromatic N) is 4. The van der Waals surface area contributed by atoms with Crippen molar-refractivity contribution in [2.24, 2.45) is 7.05 Å². The summed E-state index contributed by atoms with van der Waals surface area (Å²) in [7, 11) is 1.73. The minimum absolute atomic E-state index is 0.0150. The first-order valence-electron chi connectivity index (χ1n) is 10.4. The number of carbonyl (C=O) groups is 1. The lowest BCUT2D eigenvalue weighted by atomic mass is 10.2. The van der Waals surface area contributed by atoms with Gasteiger partial charge in [0, 0.05) is 38.1 Å². The van der Waals surface area contributed by atoms with Crippen LogP contribution in [0.5, 0.6) is 0 Å². The van der Waals surface area contributed by atoms with Gasteiger partial charge in [0.1, 0.15) is 10.6 Å². The van der Waals surface area contributed by atoms with Gasteiger partial charge in [0.05, 0.1) is 16.8 Å². The molecule has 1 aliphatic carbocycles. The number of thiophene rings is 1. The molecule has 1 amide bonds. The number of halogens is 1. The van der Waals surface area contributed by atoms with Crippen LogP contribution in [0.25, 0.3) is 10.2 Å². The molecule has 0 atom stereocenters. The molecule has 0 N–H and O–H groups in total. The van der Waals surface area contributed by atoms with Gasteiger partial charge in [-0.2, -0.15) is 0 Å². The second kappa shape index (κ2) is 8.27. The molecule has 1 aromatic carbocycles. The maximum Gasteiger partial charge on any atom is 0.262 e. The number of carbonyl (C=O) groups excluding carboxylic acids is 1. The second-order valence-corrected chi connectivity index (χ2v) is 9.93. The minimum atomic E-state index is -0.236. The van der Waals surface area contributed by atoms with E-state index < -0.39 is 0 Å². The highest BCUT2D eigenvalue weighted by molar-refractivity contribution is 7.99. The van der Waals surface area contributed by atoms with Crippen LogP contribution in [0.4, 0.5) is 10.1 Å². The van der Waals surface area contributed by atoms with Crippen molar-refractivity contribution >= 4 is 44.9 Å². The van der Waals surface area contributed by atoms with Crippen molar-refractivity contribution < 1.29 is 9.18 Å². The van der Waals surface area contributed by atoms with Crippen LogP contribution in [0.3, 0.4) is 0 Å². The van der Waals surface area contributed by atoms with Crippen LogP contribution >= 0.6 is 23.1 Å². The number of para-hydroxylation sites is 1. The highest BCUT2D eigenvalue weighted by Gasteiger charge is 2.25. The number of benzene rings is 1. The number of fused-ring (bicyclic) bond motifs is 3. The largest absolute Gasteiger partial charge is 0.366 e. The molecule has 5 rings (SSSR count). The number of hydrogen-bond donors (Lipinski definition) is 0. The predicted molar refractivity (Wildman–Crippen MR) is 123 cm³/mol. The zero-order chi connectivity index (χ0) is 21.5. The number of thioether (sulfide) groups is 1. The molecule has 0 bridgehead atoms. The van der Waals surface area contributed by atoms with Gasteiger partial charge in [-0.05, 0) is 37.0 Å². The molecule has 2 aromatic heterocycles. The Morgan fingerprint density at radius 3 is 2.74 bits per heavy atom. The van der Waals surface area contributed by atoms with Crippen molar-refractivity contribution in [3.63, 3.8) is 0 Å². The number of aryl methyl sites for hydroxylation is 2. The standard InChI is InChI=1S/C22H23FN4O2S2/c1-25-21(29)19-14-5-4-8-17(14)31-20(19)24-22(25)30-13-18(28)27-11-9-26(10-12-27)16-7-3-2-6-15(16)23/h2-3,6-7H,4-5,8-13H2,1H3. The lowest BCUT2D eigenvalue weighted by Gasteiger charge is -2.36. The van der Waals surface area contributed by atoms with Crippen LogP contribution in [-0.4, -0.2) is 52.3 Å². The highest BCUT2D eigenvalue weighted by atomic mass is 32.2. The SMILES string of the molecule is Cn1c(SCC(=O)N2CCN(c3ccccc3F)CC2)nc2sc3c(c2c1=O)CCC3. The van der Waals surface area contributed by atoms with Crippen molar-refractivity contribution in [1.29, 1.82) is 0 Å². The summed E-state index contributed by atoms with van der Waals surface area (Å²) in [5, 5.41) is 1.34. The lowest BCUT2D eigenvalue weighted by Crippen LogP contribution is -2.49. The topological polar surface area (TPSA) is 58.4 Å². The van der Waals surface area contributed by atoms with E-state index in [4.69, 9.17) is 4.98 Å². The fourth-order valence-corrected chi connectivity index (χ4v) is 6.53. The number of aromatic nitrogens is 2. The summed E-state index contributed by atoms with van der Waals surface area (Å²) in [6.45, 7) is 2.30. The van der Waals surface area contributed by atoms with Gasteiger partial charge in [0.25, 0.3) is 5.56 Å². The van der Waals surface area contributed by atoms with Crippen LogP contribution in [0.2, 0.25) is 0 Å². The Morgan fingerprint density at radius 1 is 1.19 bits per heavy atom. The van der Waals surface area contributed by atoms with Gasteiger partial charge in [-0.3, -0.25) is 14.2 Å². The molecule has 31 heavy (non-hydrogen) atoms. The molecule has 6 nitrogen and oxygen atoms in total. The first-order valence-corrected chi connectivity index (χ1v) is 12.2. The molecular weight excluding hydrogens is 435 g/mol. The van der Waals surface area contributed by atoms with Crippen molar-refractivity contribution in [3.8, 4) is 0 Å². The monoisotopic (exact) mass is 458 g/mol. The predicted octanol–water partition coefficient (Wildman–Crippen LogP) is 3.06. The molecule has 0 unspecified atom stereocenters. The summed E-state index contributed by atoms with van der Waals surface area (Å²) < 4.78 is 15.6. The zero-order valence-electron chi connectivity index (χ0n) is 17.3. The van der Waals surface area contributed by atoms with E-state index >= 15 is 0 Å². The second-order valence-electron chi connectivity index (χ2n) is 7.90. The average Bonchev–Trinajstić information content (AvgIpc) is 3.36. The first-order chi connectivity index (χ1) is 15.0. The highest BCUT2D eigenvalue weighted by Crippen LogP contribution is 2.35. The van der Waals surface area contributed by atoms with E-state index in [-0.39, 0.29) is 23.0 Å². The van der Waals surface area contributed by atoms with E-state index in [1.165, 1.54) is 28.3 Å². The van der Waals surface area contributed by atoms with Gasteiger partial charge in [0.15, 0.2) is 5.16 Å². The lowest BCUT2D eigenvalue weighted by molar-refractivity contribution is -0.128. The summed E-state index contributed by atoms with van der Waals surface area (Å²) in [5.41, 5.74) is 1.74. The van der Waals surface area contributed by atoms with Gasteiger partial charge in [0.2, 0.25) is 5.91 Å². The van der Waals surface area contributed by atoms with Gasteiger partial charge in [-0.25, -0.2) is 9.37 Å². The molecule has 0 saturated carbocycles. The van der Waals surface area contributed by atoms with E-state index in [9.17, 15) is 14.0 Å². The fraction of sp³-hybridized carbons (Fsp3) is 0.409. The number of rotatable bonds is 4. The molecule has 1 aliphatic heterocycles. The Morgan fingerprint density at radius 2 is 1.97 bits per heavy atom. The van der Waals surface area contributed by atoms with E-state index in [0.717, 1.165) is 29.5 Å². The third-order valence-corrected chi connectivity index (χ3v) is 8.26.